The van der Waals surface area contributed by atoms with Gasteiger partial charge in [0.05, 0.1) is 12.5 Å². The second-order valence-corrected chi connectivity index (χ2v) is 5.47. The van der Waals surface area contributed by atoms with Crippen molar-refractivity contribution in [2.45, 2.75) is 45.8 Å². The minimum Gasteiger partial charge on any atom is -0.380 e. The quantitative estimate of drug-likeness (QED) is 0.798. The van der Waals surface area contributed by atoms with E-state index in [0.29, 0.717) is 13.0 Å². The van der Waals surface area contributed by atoms with Gasteiger partial charge in [0, 0.05) is 19.7 Å². The van der Waals surface area contributed by atoms with Crippen LogP contribution >= 0.6 is 0 Å². The summed E-state index contributed by atoms with van der Waals surface area (Å²) in [6.07, 6.45) is 0.932. The van der Waals surface area contributed by atoms with Crippen LogP contribution in [-0.2, 0) is 16.0 Å². The van der Waals surface area contributed by atoms with Crippen LogP contribution in [-0.4, -0.2) is 31.7 Å². The van der Waals surface area contributed by atoms with Gasteiger partial charge in [0.2, 0.25) is 5.91 Å². The van der Waals surface area contributed by atoms with Crippen LogP contribution in [0.5, 0.6) is 0 Å². The molecule has 0 heterocycles. The number of nitrogens with two attached hydrogens (primary N) is 1. The lowest BCUT2D eigenvalue weighted by molar-refractivity contribution is -0.123. The van der Waals surface area contributed by atoms with Crippen molar-refractivity contribution in [3.63, 3.8) is 0 Å². The van der Waals surface area contributed by atoms with Gasteiger partial charge in [-0.25, -0.2) is 0 Å². The first-order valence-corrected chi connectivity index (χ1v) is 7.04. The average molecular weight is 278 g/mol. The Morgan fingerprint density at radius 3 is 2.40 bits per heavy atom. The number of benzene rings is 1. The number of rotatable bonds is 7. The van der Waals surface area contributed by atoms with E-state index in [1.165, 1.54) is 16.7 Å². The summed E-state index contributed by atoms with van der Waals surface area (Å²) in [6, 6.07) is 6.57. The highest BCUT2D eigenvalue weighted by Crippen LogP contribution is 2.11. The molecule has 3 N–H and O–H groups in total. The molecule has 4 heteroatoms. The van der Waals surface area contributed by atoms with Gasteiger partial charge in [0.1, 0.15) is 0 Å². The molecule has 1 amide bonds. The molecule has 1 rings (SSSR count). The molecule has 1 aromatic carbocycles. The smallest absolute Gasteiger partial charge is 0.222 e. The van der Waals surface area contributed by atoms with Gasteiger partial charge in [-0.1, -0.05) is 29.3 Å². The Balaban J connectivity index is 2.50. The van der Waals surface area contributed by atoms with E-state index < -0.39 is 0 Å². The second-order valence-electron chi connectivity index (χ2n) is 5.47. The highest BCUT2D eigenvalue weighted by molar-refractivity contribution is 5.76. The molecule has 0 saturated carbocycles. The van der Waals surface area contributed by atoms with Gasteiger partial charge < -0.3 is 15.8 Å². The molecular weight excluding hydrogens is 252 g/mol. The Kier molecular flexibility index (Phi) is 6.68. The number of methoxy groups -OCH3 is 1. The first-order valence-electron chi connectivity index (χ1n) is 7.04. The van der Waals surface area contributed by atoms with E-state index in [2.05, 4.69) is 37.4 Å². The van der Waals surface area contributed by atoms with Gasteiger partial charge in [-0.05, 0) is 32.8 Å². The summed E-state index contributed by atoms with van der Waals surface area (Å²) in [4.78, 5) is 11.9. The number of hydrogen-bond acceptors (Lipinski definition) is 3. The summed E-state index contributed by atoms with van der Waals surface area (Å²) in [5.41, 5.74) is 9.26. The van der Waals surface area contributed by atoms with Crippen molar-refractivity contribution >= 4 is 5.91 Å². The lowest BCUT2D eigenvalue weighted by atomic mass is 10.0. The standard InChI is InChI=1S/C16H26N2O2/c1-11-5-12(2)7-14(6-11)8-13(3)18-16(19)9-15(10-17)20-4/h5-7,13,15H,8-10,17H2,1-4H3,(H,18,19). The van der Waals surface area contributed by atoms with E-state index in [9.17, 15) is 4.79 Å². The number of carbonyl (C=O) groups excluding carboxylic acids is 1. The van der Waals surface area contributed by atoms with Crippen molar-refractivity contribution in [3.05, 3.63) is 34.9 Å². The Morgan fingerprint density at radius 2 is 1.90 bits per heavy atom. The minimum absolute atomic E-state index is 0.0147. The van der Waals surface area contributed by atoms with Crippen LogP contribution < -0.4 is 11.1 Å². The van der Waals surface area contributed by atoms with Crippen LogP contribution in [0.2, 0.25) is 0 Å². The monoisotopic (exact) mass is 278 g/mol. The molecule has 0 saturated heterocycles. The molecule has 0 fully saturated rings. The van der Waals surface area contributed by atoms with E-state index in [0.717, 1.165) is 6.42 Å². The summed E-state index contributed by atoms with van der Waals surface area (Å²) >= 11 is 0. The molecular formula is C16H26N2O2. The molecule has 0 aliphatic rings. The summed E-state index contributed by atoms with van der Waals surface area (Å²) in [5, 5.41) is 2.99. The zero-order chi connectivity index (χ0) is 15.1. The zero-order valence-electron chi connectivity index (χ0n) is 12.9. The maximum atomic E-state index is 11.9. The van der Waals surface area contributed by atoms with Crippen LogP contribution in [0.1, 0.15) is 30.0 Å². The van der Waals surface area contributed by atoms with E-state index in [-0.39, 0.29) is 18.1 Å². The molecule has 0 bridgehead atoms. The van der Waals surface area contributed by atoms with Crippen molar-refractivity contribution in [1.29, 1.82) is 0 Å². The van der Waals surface area contributed by atoms with E-state index >= 15 is 0 Å². The lowest BCUT2D eigenvalue weighted by Crippen LogP contribution is -2.38. The number of amides is 1. The van der Waals surface area contributed by atoms with Gasteiger partial charge in [0.15, 0.2) is 0 Å². The summed E-state index contributed by atoms with van der Waals surface area (Å²) < 4.78 is 5.12. The number of nitrogens with one attached hydrogen (secondary N) is 1. The second kappa shape index (κ2) is 8.02. The van der Waals surface area contributed by atoms with Crippen LogP contribution in [0, 0.1) is 13.8 Å². The number of hydrogen-bond donors (Lipinski definition) is 2. The number of aryl methyl sites for hydroxylation is 2. The van der Waals surface area contributed by atoms with Crippen LogP contribution in [0.3, 0.4) is 0 Å². The third-order valence-electron chi connectivity index (χ3n) is 3.24. The Hall–Kier alpha value is -1.39. The highest BCUT2D eigenvalue weighted by Gasteiger charge is 2.14. The molecule has 2 unspecified atom stereocenters. The van der Waals surface area contributed by atoms with Gasteiger partial charge in [-0.15, -0.1) is 0 Å². The summed E-state index contributed by atoms with van der Waals surface area (Å²) in [7, 11) is 1.57. The molecule has 0 aromatic heterocycles. The van der Waals surface area contributed by atoms with E-state index in [4.69, 9.17) is 10.5 Å². The van der Waals surface area contributed by atoms with Gasteiger partial charge in [-0.2, -0.15) is 0 Å². The van der Waals surface area contributed by atoms with Crippen LogP contribution in [0.15, 0.2) is 18.2 Å². The van der Waals surface area contributed by atoms with Crippen molar-refractivity contribution in [2.75, 3.05) is 13.7 Å². The van der Waals surface area contributed by atoms with Gasteiger partial charge in [-0.3, -0.25) is 4.79 Å². The molecule has 2 atom stereocenters. The molecule has 1 aromatic rings. The fourth-order valence-corrected chi connectivity index (χ4v) is 2.39. The van der Waals surface area contributed by atoms with Crippen LogP contribution in [0.4, 0.5) is 0 Å². The average Bonchev–Trinajstić information content (AvgIpc) is 2.34. The lowest BCUT2D eigenvalue weighted by Gasteiger charge is -2.17. The Morgan fingerprint density at radius 1 is 1.30 bits per heavy atom. The normalized spacial score (nSPS) is 13.8. The number of ether oxygens (including phenoxy) is 1. The fraction of sp³-hybridized carbons (Fsp3) is 0.562. The van der Waals surface area contributed by atoms with Crippen molar-refractivity contribution in [2.24, 2.45) is 5.73 Å². The number of carbonyl (C=O) groups is 1. The topological polar surface area (TPSA) is 64.3 Å². The van der Waals surface area contributed by atoms with Crippen molar-refractivity contribution in [3.8, 4) is 0 Å². The first kappa shape index (κ1) is 16.7. The Labute approximate surface area is 121 Å². The minimum atomic E-state index is -0.205. The third kappa shape index (κ3) is 5.72. The fourth-order valence-electron chi connectivity index (χ4n) is 2.39. The summed E-state index contributed by atoms with van der Waals surface area (Å²) in [6.45, 7) is 6.55. The maximum Gasteiger partial charge on any atom is 0.222 e. The Bertz CT molecular complexity index is 422. The first-order chi connectivity index (χ1) is 9.44. The largest absolute Gasteiger partial charge is 0.380 e. The SMILES string of the molecule is COC(CN)CC(=O)NC(C)Cc1cc(C)cc(C)c1. The van der Waals surface area contributed by atoms with E-state index in [1.807, 2.05) is 6.92 Å². The van der Waals surface area contributed by atoms with Gasteiger partial charge in [0.25, 0.3) is 0 Å². The van der Waals surface area contributed by atoms with E-state index in [1.54, 1.807) is 7.11 Å². The van der Waals surface area contributed by atoms with Gasteiger partial charge >= 0.3 is 0 Å². The predicted octanol–water partition coefficient (Wildman–Crippen LogP) is 1.71. The molecule has 112 valence electrons. The molecule has 4 nitrogen and oxygen atoms in total. The molecule has 20 heavy (non-hydrogen) atoms. The maximum absolute atomic E-state index is 11.9. The van der Waals surface area contributed by atoms with Crippen molar-refractivity contribution < 1.29 is 9.53 Å². The predicted molar refractivity (Wildman–Crippen MR) is 81.7 cm³/mol. The molecule has 0 aliphatic heterocycles. The molecule has 0 radical (unpaired) electrons. The van der Waals surface area contributed by atoms with Crippen molar-refractivity contribution in [1.82, 2.24) is 5.32 Å². The zero-order valence-corrected chi connectivity index (χ0v) is 12.9. The highest BCUT2D eigenvalue weighted by atomic mass is 16.5. The third-order valence-corrected chi connectivity index (χ3v) is 3.24. The van der Waals surface area contributed by atoms with Crippen LogP contribution in [0.25, 0.3) is 0 Å². The molecule has 0 aliphatic carbocycles. The molecule has 0 spiro atoms. The summed E-state index contributed by atoms with van der Waals surface area (Å²) in [5.74, 6) is -0.0147.